The summed E-state index contributed by atoms with van der Waals surface area (Å²) in [6.07, 6.45) is 2.39. The lowest BCUT2D eigenvalue weighted by Gasteiger charge is -2.24. The highest BCUT2D eigenvalue weighted by molar-refractivity contribution is 4.91. The van der Waals surface area contributed by atoms with Gasteiger partial charge >= 0.3 is 0 Å². The highest BCUT2D eigenvalue weighted by atomic mass is 16.5. The smallest absolute Gasteiger partial charge is 0.230 e. The topological polar surface area (TPSA) is 51.4 Å². The molecule has 1 aliphatic rings. The van der Waals surface area contributed by atoms with Crippen LogP contribution in [-0.2, 0) is 17.7 Å². The molecule has 15 heavy (non-hydrogen) atoms. The van der Waals surface area contributed by atoms with Gasteiger partial charge in [-0.25, -0.2) is 0 Å². The second-order valence-electron chi connectivity index (χ2n) is 3.49. The van der Waals surface area contributed by atoms with Crippen molar-refractivity contribution in [3.8, 4) is 0 Å². The first-order chi connectivity index (χ1) is 7.38. The summed E-state index contributed by atoms with van der Waals surface area (Å²) < 4.78 is 10.3. The summed E-state index contributed by atoms with van der Waals surface area (Å²) in [4.78, 5) is 6.52. The van der Waals surface area contributed by atoms with Gasteiger partial charge in [0.05, 0.1) is 19.8 Å². The Morgan fingerprint density at radius 3 is 2.93 bits per heavy atom. The molecule has 0 amide bonds. The molecule has 1 aliphatic heterocycles. The Kier molecular flexibility index (Phi) is 3.47. The third-order valence-electron chi connectivity index (χ3n) is 2.30. The first-order valence-electron chi connectivity index (χ1n) is 5.11. The minimum absolute atomic E-state index is 0.633. The number of hydrogen-bond donors (Lipinski definition) is 0. The zero-order chi connectivity index (χ0) is 10.5. The Balaban J connectivity index is 1.88. The van der Waals surface area contributed by atoms with E-state index in [1.165, 1.54) is 0 Å². The molecule has 0 bridgehead atoms. The maximum atomic E-state index is 5.26. The van der Waals surface area contributed by atoms with Crippen LogP contribution >= 0.6 is 0 Å². The van der Waals surface area contributed by atoms with Crippen molar-refractivity contribution in [2.24, 2.45) is 0 Å². The Bertz CT molecular complexity index is 318. The van der Waals surface area contributed by atoms with E-state index in [4.69, 9.17) is 9.26 Å². The first-order valence-corrected chi connectivity index (χ1v) is 5.11. The standard InChI is InChI=1S/C10H15N3O2/c1-2-3-10-11-9(12-15-10)8-13-4-6-14-7-5-13/h2H,1,3-8H2. The lowest BCUT2D eigenvalue weighted by Crippen LogP contribution is -2.35. The van der Waals surface area contributed by atoms with Crippen molar-refractivity contribution in [1.29, 1.82) is 0 Å². The molecule has 0 atom stereocenters. The summed E-state index contributed by atoms with van der Waals surface area (Å²) in [5, 5.41) is 3.91. The minimum atomic E-state index is 0.633. The summed E-state index contributed by atoms with van der Waals surface area (Å²) in [6, 6.07) is 0. The second-order valence-corrected chi connectivity index (χ2v) is 3.49. The average Bonchev–Trinajstić information content (AvgIpc) is 2.68. The van der Waals surface area contributed by atoms with Crippen molar-refractivity contribution in [2.45, 2.75) is 13.0 Å². The maximum absolute atomic E-state index is 5.26. The van der Waals surface area contributed by atoms with E-state index in [1.807, 2.05) is 0 Å². The number of ether oxygens (including phenoxy) is 1. The van der Waals surface area contributed by atoms with Gasteiger partial charge in [0.25, 0.3) is 0 Å². The van der Waals surface area contributed by atoms with E-state index >= 15 is 0 Å². The van der Waals surface area contributed by atoms with Crippen molar-refractivity contribution < 1.29 is 9.26 Å². The average molecular weight is 209 g/mol. The molecule has 82 valence electrons. The molecule has 1 fully saturated rings. The van der Waals surface area contributed by atoms with Crippen LogP contribution in [0.25, 0.3) is 0 Å². The predicted octanol–water partition coefficient (Wildman–Crippen LogP) is 0.630. The van der Waals surface area contributed by atoms with Crippen LogP contribution < -0.4 is 0 Å². The van der Waals surface area contributed by atoms with Crippen molar-refractivity contribution in [1.82, 2.24) is 15.0 Å². The largest absolute Gasteiger partial charge is 0.379 e. The van der Waals surface area contributed by atoms with Crippen LogP contribution in [0, 0.1) is 0 Å². The maximum Gasteiger partial charge on any atom is 0.230 e. The fourth-order valence-corrected chi connectivity index (χ4v) is 1.52. The zero-order valence-corrected chi connectivity index (χ0v) is 8.69. The van der Waals surface area contributed by atoms with Gasteiger partial charge in [-0.3, -0.25) is 4.90 Å². The Morgan fingerprint density at radius 2 is 2.20 bits per heavy atom. The van der Waals surface area contributed by atoms with Gasteiger partial charge in [0.2, 0.25) is 5.89 Å². The van der Waals surface area contributed by atoms with Gasteiger partial charge in [-0.1, -0.05) is 11.2 Å². The third kappa shape index (κ3) is 2.87. The fourth-order valence-electron chi connectivity index (χ4n) is 1.52. The summed E-state index contributed by atoms with van der Waals surface area (Å²) in [7, 11) is 0. The molecule has 5 heteroatoms. The summed E-state index contributed by atoms with van der Waals surface area (Å²) in [5.41, 5.74) is 0. The number of aromatic nitrogens is 2. The third-order valence-corrected chi connectivity index (χ3v) is 2.30. The molecule has 1 aromatic heterocycles. The van der Waals surface area contributed by atoms with Gasteiger partial charge in [-0.05, 0) is 0 Å². The van der Waals surface area contributed by atoms with Gasteiger partial charge in [-0.15, -0.1) is 6.58 Å². The molecule has 5 nitrogen and oxygen atoms in total. The van der Waals surface area contributed by atoms with E-state index in [1.54, 1.807) is 6.08 Å². The Labute approximate surface area is 88.7 Å². The van der Waals surface area contributed by atoms with Gasteiger partial charge in [0.1, 0.15) is 0 Å². The van der Waals surface area contributed by atoms with Gasteiger partial charge in [0.15, 0.2) is 5.82 Å². The number of morpholine rings is 1. The zero-order valence-electron chi connectivity index (χ0n) is 8.69. The number of hydrogen-bond acceptors (Lipinski definition) is 5. The van der Waals surface area contributed by atoms with Crippen LogP contribution in [0.4, 0.5) is 0 Å². The molecule has 2 heterocycles. The molecule has 0 radical (unpaired) electrons. The van der Waals surface area contributed by atoms with E-state index in [9.17, 15) is 0 Å². The molecule has 2 rings (SSSR count). The lowest BCUT2D eigenvalue weighted by atomic mass is 10.4. The van der Waals surface area contributed by atoms with Crippen LogP contribution in [0.3, 0.4) is 0 Å². The first kappa shape index (κ1) is 10.3. The van der Waals surface area contributed by atoms with Gasteiger partial charge in [0, 0.05) is 19.5 Å². The van der Waals surface area contributed by atoms with Crippen LogP contribution in [0.1, 0.15) is 11.7 Å². The SMILES string of the molecule is C=CCc1nc(CN2CCOCC2)no1. The minimum Gasteiger partial charge on any atom is -0.379 e. The van der Waals surface area contributed by atoms with E-state index < -0.39 is 0 Å². The predicted molar refractivity (Wildman–Crippen MR) is 54.3 cm³/mol. The molecular weight excluding hydrogens is 194 g/mol. The lowest BCUT2D eigenvalue weighted by molar-refractivity contribution is 0.0327. The van der Waals surface area contributed by atoms with Crippen LogP contribution in [0.5, 0.6) is 0 Å². The number of rotatable bonds is 4. The number of allylic oxidation sites excluding steroid dienone is 1. The molecule has 0 saturated carbocycles. The highest BCUT2D eigenvalue weighted by Crippen LogP contribution is 2.05. The van der Waals surface area contributed by atoms with E-state index in [-0.39, 0.29) is 0 Å². The van der Waals surface area contributed by atoms with Crippen molar-refractivity contribution in [3.63, 3.8) is 0 Å². The molecular formula is C10H15N3O2. The van der Waals surface area contributed by atoms with Crippen molar-refractivity contribution >= 4 is 0 Å². The van der Waals surface area contributed by atoms with Crippen LogP contribution in [0.15, 0.2) is 17.2 Å². The molecule has 1 aromatic rings. The van der Waals surface area contributed by atoms with E-state index in [0.29, 0.717) is 12.3 Å². The van der Waals surface area contributed by atoms with E-state index in [0.717, 1.165) is 38.7 Å². The molecule has 0 spiro atoms. The van der Waals surface area contributed by atoms with Crippen LogP contribution in [0.2, 0.25) is 0 Å². The summed E-state index contributed by atoms with van der Waals surface area (Å²) in [6.45, 7) is 7.82. The quantitative estimate of drug-likeness (QED) is 0.681. The Hall–Kier alpha value is -1.20. The summed E-state index contributed by atoms with van der Waals surface area (Å²) >= 11 is 0. The molecule has 1 saturated heterocycles. The normalized spacial score (nSPS) is 17.9. The van der Waals surface area contributed by atoms with E-state index in [2.05, 4.69) is 21.6 Å². The summed E-state index contributed by atoms with van der Waals surface area (Å²) in [5.74, 6) is 1.38. The van der Waals surface area contributed by atoms with Crippen LogP contribution in [-0.4, -0.2) is 41.3 Å². The fraction of sp³-hybridized carbons (Fsp3) is 0.600. The monoisotopic (exact) mass is 209 g/mol. The Morgan fingerprint density at radius 1 is 1.40 bits per heavy atom. The second kappa shape index (κ2) is 5.04. The van der Waals surface area contributed by atoms with Crippen molar-refractivity contribution in [3.05, 3.63) is 24.4 Å². The van der Waals surface area contributed by atoms with Gasteiger partial charge in [-0.2, -0.15) is 4.98 Å². The molecule has 0 aliphatic carbocycles. The number of nitrogens with zero attached hydrogens (tertiary/aromatic N) is 3. The van der Waals surface area contributed by atoms with Crippen molar-refractivity contribution in [2.75, 3.05) is 26.3 Å². The van der Waals surface area contributed by atoms with Gasteiger partial charge < -0.3 is 9.26 Å². The molecule has 0 N–H and O–H groups in total. The highest BCUT2D eigenvalue weighted by Gasteiger charge is 2.13. The molecule has 0 unspecified atom stereocenters. The molecule has 0 aromatic carbocycles.